The molecule has 3 nitrogen and oxygen atoms in total. The van der Waals surface area contributed by atoms with Gasteiger partial charge < -0.3 is 9.47 Å². The maximum atomic E-state index is 12.5. The fourth-order valence-corrected chi connectivity index (χ4v) is 1.36. The third kappa shape index (κ3) is 2.26. The van der Waals surface area contributed by atoms with Crippen LogP contribution >= 0.6 is 0 Å². The van der Waals surface area contributed by atoms with Crippen molar-refractivity contribution in [1.82, 2.24) is 0 Å². The van der Waals surface area contributed by atoms with Crippen molar-refractivity contribution >= 4 is 5.78 Å². The molecule has 0 saturated heterocycles. The smallest absolute Gasteiger partial charge is 0.171 e. The Bertz CT molecular complexity index is 374. The molecule has 0 spiro atoms. The Hall–Kier alpha value is -1.58. The minimum Gasteiger partial charge on any atom is -0.493 e. The minimum atomic E-state index is -0.638. The van der Waals surface area contributed by atoms with Crippen LogP contribution in [0.3, 0.4) is 0 Å². The van der Waals surface area contributed by atoms with Crippen molar-refractivity contribution in [2.75, 3.05) is 14.2 Å². The molecule has 0 aliphatic carbocycles. The molecule has 1 aromatic carbocycles. The van der Waals surface area contributed by atoms with E-state index in [4.69, 9.17) is 9.47 Å². The number of alkyl halides is 1. The van der Waals surface area contributed by atoms with Gasteiger partial charge in [-0.05, 0) is 24.6 Å². The molecule has 0 aliphatic heterocycles. The van der Waals surface area contributed by atoms with Crippen LogP contribution < -0.4 is 9.47 Å². The average molecular weight is 212 g/mol. The van der Waals surface area contributed by atoms with Crippen molar-refractivity contribution < 1.29 is 18.7 Å². The van der Waals surface area contributed by atoms with Crippen molar-refractivity contribution in [2.24, 2.45) is 0 Å². The highest BCUT2D eigenvalue weighted by molar-refractivity contribution is 5.98. The maximum absolute atomic E-state index is 12.5. The number of ketones is 1. The van der Waals surface area contributed by atoms with E-state index in [2.05, 4.69) is 0 Å². The first-order valence-electron chi connectivity index (χ1n) is 4.45. The molecular formula is C11H13FO3. The lowest BCUT2D eigenvalue weighted by atomic mass is 10.1. The molecule has 0 bridgehead atoms. The van der Waals surface area contributed by atoms with E-state index in [0.717, 1.165) is 0 Å². The van der Waals surface area contributed by atoms with Crippen LogP contribution in [0, 0.1) is 0 Å². The van der Waals surface area contributed by atoms with Gasteiger partial charge in [-0.2, -0.15) is 0 Å². The first-order valence-corrected chi connectivity index (χ1v) is 4.45. The lowest BCUT2D eigenvalue weighted by Crippen LogP contribution is -2.01. The number of benzene rings is 1. The molecule has 82 valence electrons. The van der Waals surface area contributed by atoms with Crippen LogP contribution in [0.25, 0.3) is 0 Å². The molecule has 0 amide bonds. The molecular weight excluding hydrogens is 199 g/mol. The van der Waals surface area contributed by atoms with Crippen LogP contribution in [0.2, 0.25) is 0 Å². The zero-order valence-electron chi connectivity index (χ0n) is 8.96. The van der Waals surface area contributed by atoms with E-state index < -0.39 is 6.67 Å². The summed E-state index contributed by atoms with van der Waals surface area (Å²) in [6.45, 7) is 0.764. The van der Waals surface area contributed by atoms with E-state index in [9.17, 15) is 9.18 Å². The predicted octanol–water partition coefficient (Wildman–Crippen LogP) is 2.38. The van der Waals surface area contributed by atoms with Crippen molar-refractivity contribution in [3.05, 3.63) is 23.3 Å². The SMILES string of the molecule is COc1cc(CF)cc(C(C)=O)c1OC. The van der Waals surface area contributed by atoms with Crippen molar-refractivity contribution in [3.8, 4) is 11.5 Å². The summed E-state index contributed by atoms with van der Waals surface area (Å²) in [5.74, 6) is 0.542. The Morgan fingerprint density at radius 2 is 2.00 bits per heavy atom. The van der Waals surface area contributed by atoms with E-state index >= 15 is 0 Å². The van der Waals surface area contributed by atoms with Gasteiger partial charge in [0.1, 0.15) is 6.67 Å². The van der Waals surface area contributed by atoms with E-state index in [1.54, 1.807) is 0 Å². The van der Waals surface area contributed by atoms with Gasteiger partial charge in [0.15, 0.2) is 17.3 Å². The number of methoxy groups -OCH3 is 2. The molecule has 0 aliphatic rings. The topological polar surface area (TPSA) is 35.5 Å². The molecule has 15 heavy (non-hydrogen) atoms. The Balaban J connectivity index is 3.39. The van der Waals surface area contributed by atoms with Crippen LogP contribution in [-0.2, 0) is 6.67 Å². The van der Waals surface area contributed by atoms with Gasteiger partial charge in [0, 0.05) is 0 Å². The fourth-order valence-electron chi connectivity index (χ4n) is 1.36. The van der Waals surface area contributed by atoms with E-state index in [-0.39, 0.29) is 5.78 Å². The van der Waals surface area contributed by atoms with Gasteiger partial charge in [-0.1, -0.05) is 0 Å². The van der Waals surface area contributed by atoms with Gasteiger partial charge >= 0.3 is 0 Å². The third-order valence-corrected chi connectivity index (χ3v) is 2.07. The molecule has 4 heteroatoms. The number of Topliss-reactive ketones (excluding diaryl/α,β-unsaturated/α-hetero) is 1. The first kappa shape index (κ1) is 11.5. The molecule has 1 rings (SSSR count). The molecule has 0 unspecified atom stereocenters. The number of rotatable bonds is 4. The van der Waals surface area contributed by atoms with E-state index in [0.29, 0.717) is 22.6 Å². The summed E-state index contributed by atoms with van der Waals surface area (Å²) < 4.78 is 22.6. The van der Waals surface area contributed by atoms with Gasteiger partial charge in [0.2, 0.25) is 0 Å². The zero-order valence-corrected chi connectivity index (χ0v) is 8.96. The van der Waals surface area contributed by atoms with Crippen LogP contribution in [-0.4, -0.2) is 20.0 Å². The van der Waals surface area contributed by atoms with Crippen LogP contribution in [0.4, 0.5) is 4.39 Å². The summed E-state index contributed by atoms with van der Waals surface area (Å²) in [5, 5.41) is 0. The zero-order chi connectivity index (χ0) is 11.4. The predicted molar refractivity (Wildman–Crippen MR) is 54.4 cm³/mol. The summed E-state index contributed by atoms with van der Waals surface area (Å²) in [6, 6.07) is 3.00. The quantitative estimate of drug-likeness (QED) is 0.719. The molecule has 0 radical (unpaired) electrons. The highest BCUT2D eigenvalue weighted by Gasteiger charge is 2.15. The van der Waals surface area contributed by atoms with Crippen molar-refractivity contribution in [2.45, 2.75) is 13.6 Å². The summed E-state index contributed by atoms with van der Waals surface area (Å²) >= 11 is 0. The maximum Gasteiger partial charge on any atom is 0.171 e. The standard InChI is InChI=1S/C11H13FO3/c1-7(13)9-4-8(6-12)5-10(14-2)11(9)15-3/h4-5H,6H2,1-3H3. The Kier molecular flexibility index (Phi) is 3.66. The number of ether oxygens (including phenoxy) is 2. The molecule has 0 fully saturated rings. The van der Waals surface area contributed by atoms with Crippen LogP contribution in [0.1, 0.15) is 22.8 Å². The molecule has 1 aromatic rings. The Morgan fingerprint density at radius 3 is 2.40 bits per heavy atom. The average Bonchev–Trinajstić information content (AvgIpc) is 2.26. The van der Waals surface area contributed by atoms with Gasteiger partial charge in [-0.25, -0.2) is 4.39 Å². The van der Waals surface area contributed by atoms with Gasteiger partial charge in [0.25, 0.3) is 0 Å². The molecule has 0 saturated carbocycles. The van der Waals surface area contributed by atoms with Crippen molar-refractivity contribution in [3.63, 3.8) is 0 Å². The van der Waals surface area contributed by atoms with Gasteiger partial charge in [-0.15, -0.1) is 0 Å². The number of hydrogen-bond donors (Lipinski definition) is 0. The summed E-state index contributed by atoms with van der Waals surface area (Å²) in [7, 11) is 2.89. The number of carbonyl (C=O) groups is 1. The molecule has 0 N–H and O–H groups in total. The number of carbonyl (C=O) groups excluding carboxylic acids is 1. The highest BCUT2D eigenvalue weighted by atomic mass is 19.1. The summed E-state index contributed by atoms with van der Waals surface area (Å²) in [6.07, 6.45) is 0. The highest BCUT2D eigenvalue weighted by Crippen LogP contribution is 2.33. The van der Waals surface area contributed by atoms with E-state index in [1.807, 2.05) is 0 Å². The van der Waals surface area contributed by atoms with E-state index in [1.165, 1.54) is 33.3 Å². The largest absolute Gasteiger partial charge is 0.493 e. The molecule has 0 atom stereocenters. The second-order valence-corrected chi connectivity index (χ2v) is 3.07. The normalized spacial score (nSPS) is 9.87. The lowest BCUT2D eigenvalue weighted by Gasteiger charge is -2.12. The summed E-state index contributed by atoms with van der Waals surface area (Å²) in [4.78, 5) is 11.3. The lowest BCUT2D eigenvalue weighted by molar-refractivity contribution is 0.101. The molecule has 0 heterocycles. The van der Waals surface area contributed by atoms with Gasteiger partial charge in [-0.3, -0.25) is 4.79 Å². The Morgan fingerprint density at radius 1 is 1.33 bits per heavy atom. The molecule has 0 aromatic heterocycles. The number of halogens is 1. The minimum absolute atomic E-state index is 0.180. The van der Waals surface area contributed by atoms with Crippen molar-refractivity contribution in [1.29, 1.82) is 0 Å². The summed E-state index contributed by atoms with van der Waals surface area (Å²) in [5.41, 5.74) is 0.738. The third-order valence-electron chi connectivity index (χ3n) is 2.07. The second kappa shape index (κ2) is 4.77. The van der Waals surface area contributed by atoms with Crippen LogP contribution in [0.15, 0.2) is 12.1 Å². The first-order chi connectivity index (χ1) is 7.13. The van der Waals surface area contributed by atoms with Crippen LogP contribution in [0.5, 0.6) is 11.5 Å². The monoisotopic (exact) mass is 212 g/mol. The van der Waals surface area contributed by atoms with Gasteiger partial charge in [0.05, 0.1) is 19.8 Å². The second-order valence-electron chi connectivity index (χ2n) is 3.07. The fraction of sp³-hybridized carbons (Fsp3) is 0.364. The number of hydrogen-bond acceptors (Lipinski definition) is 3. The Labute approximate surface area is 87.8 Å².